The number of alkyl carbamates (subject to hydrolysis) is 1. The molecule has 0 radical (unpaired) electrons. The third-order valence-electron chi connectivity index (χ3n) is 3.03. The van der Waals surface area contributed by atoms with E-state index in [1.807, 2.05) is 44.2 Å². The lowest BCUT2D eigenvalue weighted by Gasteiger charge is -2.15. The molecule has 0 heterocycles. The van der Waals surface area contributed by atoms with Crippen LogP contribution in [0.4, 0.5) is 4.79 Å². The highest BCUT2D eigenvalue weighted by atomic mass is 16.5. The number of aliphatic carboxylic acids is 1. The lowest BCUT2D eigenvalue weighted by atomic mass is 9.96. The van der Waals surface area contributed by atoms with Gasteiger partial charge < -0.3 is 20.5 Å². The van der Waals surface area contributed by atoms with Crippen molar-refractivity contribution < 1.29 is 24.2 Å². The summed E-state index contributed by atoms with van der Waals surface area (Å²) < 4.78 is 4.96. The third-order valence-corrected chi connectivity index (χ3v) is 3.03. The van der Waals surface area contributed by atoms with Crippen LogP contribution in [0.1, 0.15) is 25.8 Å². The Labute approximate surface area is 135 Å². The van der Waals surface area contributed by atoms with Gasteiger partial charge in [-0.3, -0.25) is 9.59 Å². The van der Waals surface area contributed by atoms with Gasteiger partial charge in [-0.25, -0.2) is 4.79 Å². The van der Waals surface area contributed by atoms with Gasteiger partial charge in [-0.2, -0.15) is 0 Å². The number of carbonyl (C=O) groups is 3. The molecule has 0 saturated carbocycles. The van der Waals surface area contributed by atoms with Crippen LogP contribution in [0, 0.1) is 11.8 Å². The Balaban J connectivity index is 2.30. The molecule has 1 rings (SSSR count). The fourth-order valence-corrected chi connectivity index (χ4v) is 1.89. The minimum Gasteiger partial charge on any atom is -0.481 e. The Bertz CT molecular complexity index is 531. The van der Waals surface area contributed by atoms with Crippen LogP contribution in [0.5, 0.6) is 0 Å². The molecule has 0 aromatic heterocycles. The Morgan fingerprint density at radius 2 is 1.78 bits per heavy atom. The largest absolute Gasteiger partial charge is 0.481 e. The minimum absolute atomic E-state index is 0.0747. The number of ether oxygens (including phenoxy) is 1. The molecule has 7 heteroatoms. The van der Waals surface area contributed by atoms with Crippen molar-refractivity contribution in [3.63, 3.8) is 0 Å². The Morgan fingerprint density at radius 3 is 2.35 bits per heavy atom. The first-order valence-electron chi connectivity index (χ1n) is 7.35. The van der Waals surface area contributed by atoms with E-state index in [-0.39, 0.29) is 25.6 Å². The molecule has 1 aromatic rings. The van der Waals surface area contributed by atoms with Gasteiger partial charge in [0.2, 0.25) is 5.91 Å². The fraction of sp³-hybridized carbons (Fsp3) is 0.438. The average molecular weight is 322 g/mol. The van der Waals surface area contributed by atoms with Crippen molar-refractivity contribution >= 4 is 18.0 Å². The fourth-order valence-electron chi connectivity index (χ4n) is 1.89. The maximum absolute atomic E-state index is 11.8. The second-order valence-electron chi connectivity index (χ2n) is 5.48. The molecule has 0 saturated heterocycles. The molecule has 3 N–H and O–H groups in total. The van der Waals surface area contributed by atoms with Crippen LogP contribution in [0.2, 0.25) is 0 Å². The van der Waals surface area contributed by atoms with Crippen LogP contribution >= 0.6 is 0 Å². The summed E-state index contributed by atoms with van der Waals surface area (Å²) in [4.78, 5) is 34.3. The third kappa shape index (κ3) is 7.30. The van der Waals surface area contributed by atoms with E-state index in [1.165, 1.54) is 0 Å². The van der Waals surface area contributed by atoms with Gasteiger partial charge in [0.25, 0.3) is 0 Å². The second-order valence-corrected chi connectivity index (χ2v) is 5.48. The van der Waals surface area contributed by atoms with E-state index in [9.17, 15) is 14.4 Å². The van der Waals surface area contributed by atoms with Crippen molar-refractivity contribution in [1.82, 2.24) is 10.6 Å². The molecular formula is C16H22N2O5. The molecule has 0 spiro atoms. The lowest BCUT2D eigenvalue weighted by Crippen LogP contribution is -2.42. The SMILES string of the molecule is CC(C)CC(C(=O)O)C(=O)NCNC(=O)OCc1ccccc1. The molecule has 2 amide bonds. The number of carboxylic acids is 1. The molecular weight excluding hydrogens is 300 g/mol. The van der Waals surface area contributed by atoms with Gasteiger partial charge in [0.05, 0.1) is 6.67 Å². The van der Waals surface area contributed by atoms with Gasteiger partial charge in [-0.15, -0.1) is 0 Å². The summed E-state index contributed by atoms with van der Waals surface area (Å²) in [6.07, 6.45) is -0.454. The van der Waals surface area contributed by atoms with Crippen molar-refractivity contribution in [2.75, 3.05) is 6.67 Å². The molecule has 0 fully saturated rings. The van der Waals surface area contributed by atoms with Crippen molar-refractivity contribution in [3.05, 3.63) is 35.9 Å². The molecule has 0 bridgehead atoms. The van der Waals surface area contributed by atoms with E-state index in [4.69, 9.17) is 9.84 Å². The predicted octanol–water partition coefficient (Wildman–Crippen LogP) is 1.73. The van der Waals surface area contributed by atoms with Crippen LogP contribution in [0.3, 0.4) is 0 Å². The zero-order valence-corrected chi connectivity index (χ0v) is 13.2. The first-order chi connectivity index (χ1) is 10.9. The van der Waals surface area contributed by atoms with Crippen LogP contribution in [0.25, 0.3) is 0 Å². The quantitative estimate of drug-likeness (QED) is 0.499. The molecule has 1 unspecified atom stereocenters. The van der Waals surface area contributed by atoms with Gasteiger partial charge >= 0.3 is 12.1 Å². The van der Waals surface area contributed by atoms with Crippen molar-refractivity contribution in [1.29, 1.82) is 0 Å². The molecule has 1 aromatic carbocycles. The molecule has 7 nitrogen and oxygen atoms in total. The molecule has 0 aliphatic carbocycles. The highest BCUT2D eigenvalue weighted by molar-refractivity contribution is 5.96. The Kier molecular flexibility index (Phi) is 7.59. The topological polar surface area (TPSA) is 105 Å². The molecule has 23 heavy (non-hydrogen) atoms. The zero-order valence-electron chi connectivity index (χ0n) is 13.2. The molecule has 0 aliphatic rings. The van der Waals surface area contributed by atoms with Crippen LogP contribution in [-0.4, -0.2) is 29.7 Å². The number of hydrogen-bond acceptors (Lipinski definition) is 4. The highest BCUT2D eigenvalue weighted by Crippen LogP contribution is 2.12. The average Bonchev–Trinajstić information content (AvgIpc) is 2.51. The predicted molar refractivity (Wildman–Crippen MR) is 83.4 cm³/mol. The van der Waals surface area contributed by atoms with E-state index >= 15 is 0 Å². The number of amides is 2. The van der Waals surface area contributed by atoms with E-state index < -0.39 is 23.9 Å². The standard InChI is InChI=1S/C16H22N2O5/c1-11(2)8-13(15(20)21)14(19)17-10-18-16(22)23-9-12-6-4-3-5-7-12/h3-7,11,13H,8-10H2,1-2H3,(H,17,19)(H,18,22)(H,20,21). The maximum atomic E-state index is 11.8. The van der Waals surface area contributed by atoms with Gasteiger partial charge in [0.15, 0.2) is 0 Å². The van der Waals surface area contributed by atoms with Crippen molar-refractivity contribution in [2.24, 2.45) is 11.8 Å². The van der Waals surface area contributed by atoms with E-state index in [0.717, 1.165) is 5.56 Å². The number of benzene rings is 1. The van der Waals surface area contributed by atoms with Gasteiger partial charge in [-0.05, 0) is 17.9 Å². The van der Waals surface area contributed by atoms with Crippen molar-refractivity contribution in [3.8, 4) is 0 Å². The summed E-state index contributed by atoms with van der Waals surface area (Å²) in [6.45, 7) is 3.60. The van der Waals surface area contributed by atoms with Crippen molar-refractivity contribution in [2.45, 2.75) is 26.9 Å². The molecule has 126 valence electrons. The second kappa shape index (κ2) is 9.45. The van der Waals surface area contributed by atoms with Crippen LogP contribution in [-0.2, 0) is 20.9 Å². The summed E-state index contributed by atoms with van der Waals surface area (Å²) in [5.74, 6) is -2.86. The zero-order chi connectivity index (χ0) is 17.2. The summed E-state index contributed by atoms with van der Waals surface area (Å²) >= 11 is 0. The van der Waals surface area contributed by atoms with Gasteiger partial charge in [-0.1, -0.05) is 44.2 Å². The maximum Gasteiger partial charge on any atom is 0.408 e. The highest BCUT2D eigenvalue weighted by Gasteiger charge is 2.26. The van der Waals surface area contributed by atoms with E-state index in [0.29, 0.717) is 0 Å². The van der Waals surface area contributed by atoms with Crippen LogP contribution in [0.15, 0.2) is 30.3 Å². The number of carbonyl (C=O) groups excluding carboxylic acids is 2. The van der Waals surface area contributed by atoms with E-state index in [1.54, 1.807) is 0 Å². The normalized spacial score (nSPS) is 11.6. The lowest BCUT2D eigenvalue weighted by molar-refractivity contribution is -0.147. The van der Waals surface area contributed by atoms with Crippen LogP contribution < -0.4 is 10.6 Å². The minimum atomic E-state index is -1.18. The molecule has 0 aliphatic heterocycles. The first-order valence-corrected chi connectivity index (χ1v) is 7.35. The Hall–Kier alpha value is -2.57. The van der Waals surface area contributed by atoms with Gasteiger partial charge in [0, 0.05) is 0 Å². The number of carboxylic acid groups (broad SMARTS) is 1. The number of hydrogen-bond donors (Lipinski definition) is 3. The van der Waals surface area contributed by atoms with Gasteiger partial charge in [0.1, 0.15) is 12.5 Å². The van der Waals surface area contributed by atoms with E-state index in [2.05, 4.69) is 10.6 Å². The summed E-state index contributed by atoms with van der Waals surface area (Å²) in [5, 5.41) is 13.8. The monoisotopic (exact) mass is 322 g/mol. The summed E-state index contributed by atoms with van der Waals surface area (Å²) in [6, 6.07) is 9.15. The molecule has 1 atom stereocenters. The smallest absolute Gasteiger partial charge is 0.408 e. The first kappa shape index (κ1) is 18.5. The Morgan fingerprint density at radius 1 is 1.13 bits per heavy atom. The number of rotatable bonds is 8. The number of nitrogens with one attached hydrogen (secondary N) is 2. The summed E-state index contributed by atoms with van der Waals surface area (Å²) in [7, 11) is 0. The summed E-state index contributed by atoms with van der Waals surface area (Å²) in [5.41, 5.74) is 0.842.